The topological polar surface area (TPSA) is 0 Å². The summed E-state index contributed by atoms with van der Waals surface area (Å²) < 4.78 is 13.6. The monoisotopic (exact) mass is 180 g/mol. The van der Waals surface area contributed by atoms with Gasteiger partial charge < -0.3 is 0 Å². The summed E-state index contributed by atoms with van der Waals surface area (Å²) in [7, 11) is 0. The van der Waals surface area contributed by atoms with Gasteiger partial charge in [-0.15, -0.1) is 0 Å². The Morgan fingerprint density at radius 3 is 2.31 bits per heavy atom. The van der Waals surface area contributed by atoms with Crippen molar-refractivity contribution in [1.29, 1.82) is 0 Å². The minimum absolute atomic E-state index is 0.0382. The van der Waals surface area contributed by atoms with Crippen molar-refractivity contribution in [2.45, 2.75) is 33.6 Å². The van der Waals surface area contributed by atoms with Crippen molar-refractivity contribution in [3.63, 3.8) is 0 Å². The fourth-order valence-corrected chi connectivity index (χ4v) is 1.38. The van der Waals surface area contributed by atoms with E-state index in [0.29, 0.717) is 11.8 Å². The molecule has 0 aliphatic rings. The fourth-order valence-electron chi connectivity index (χ4n) is 1.38. The highest BCUT2D eigenvalue weighted by molar-refractivity contribution is 5.27. The number of rotatable bonds is 2. The molecule has 1 atom stereocenters. The Bertz CT molecular complexity index is 289. The Labute approximate surface area is 79.8 Å². The molecule has 1 aromatic rings. The molecule has 0 heterocycles. The zero-order valence-corrected chi connectivity index (χ0v) is 8.76. The molecular weight excluding hydrogens is 163 g/mol. The summed E-state index contributed by atoms with van der Waals surface area (Å²) in [4.78, 5) is 0. The quantitative estimate of drug-likeness (QED) is 0.647. The molecule has 0 aliphatic heterocycles. The van der Waals surface area contributed by atoms with Crippen molar-refractivity contribution >= 4 is 0 Å². The Morgan fingerprint density at radius 1 is 1.15 bits per heavy atom. The molecule has 13 heavy (non-hydrogen) atoms. The molecule has 0 saturated carbocycles. The van der Waals surface area contributed by atoms with E-state index in [1.165, 1.54) is 0 Å². The summed E-state index contributed by atoms with van der Waals surface area (Å²) in [5.74, 6) is 0.736. The van der Waals surface area contributed by atoms with Crippen LogP contribution in [-0.4, -0.2) is 0 Å². The lowest BCUT2D eigenvalue weighted by molar-refractivity contribution is 0.499. The number of hydrogen-bond acceptors (Lipinski definition) is 0. The summed E-state index contributed by atoms with van der Waals surface area (Å²) in [6, 6.07) is 5.62. The average Bonchev–Trinajstić information content (AvgIpc) is 2.08. The van der Waals surface area contributed by atoms with Gasteiger partial charge in [-0.05, 0) is 29.9 Å². The SMILES string of the molecule is Cc1cccc([C@@H](C)C(C)C)c1F. The van der Waals surface area contributed by atoms with Crippen molar-refractivity contribution in [3.05, 3.63) is 35.1 Å². The highest BCUT2D eigenvalue weighted by Gasteiger charge is 2.14. The van der Waals surface area contributed by atoms with Crippen LogP contribution in [0.4, 0.5) is 4.39 Å². The fraction of sp³-hybridized carbons (Fsp3) is 0.500. The highest BCUT2D eigenvalue weighted by Crippen LogP contribution is 2.26. The molecule has 0 saturated heterocycles. The first-order valence-corrected chi connectivity index (χ1v) is 4.79. The predicted molar refractivity (Wildman–Crippen MR) is 54.4 cm³/mol. The van der Waals surface area contributed by atoms with E-state index in [2.05, 4.69) is 20.8 Å². The van der Waals surface area contributed by atoms with Crippen LogP contribution in [0.25, 0.3) is 0 Å². The van der Waals surface area contributed by atoms with Gasteiger partial charge in [0.15, 0.2) is 0 Å². The van der Waals surface area contributed by atoms with Crippen LogP contribution in [0.1, 0.15) is 37.8 Å². The van der Waals surface area contributed by atoms with Gasteiger partial charge in [-0.1, -0.05) is 39.0 Å². The van der Waals surface area contributed by atoms with E-state index in [1.54, 1.807) is 0 Å². The van der Waals surface area contributed by atoms with Crippen LogP contribution < -0.4 is 0 Å². The second-order valence-electron chi connectivity index (χ2n) is 4.01. The molecule has 0 nitrogen and oxygen atoms in total. The molecule has 0 radical (unpaired) electrons. The third-order valence-electron chi connectivity index (χ3n) is 2.71. The van der Waals surface area contributed by atoms with Gasteiger partial charge in [0.25, 0.3) is 0 Å². The van der Waals surface area contributed by atoms with E-state index in [9.17, 15) is 4.39 Å². The van der Waals surface area contributed by atoms with Crippen LogP contribution in [0.2, 0.25) is 0 Å². The highest BCUT2D eigenvalue weighted by atomic mass is 19.1. The van der Waals surface area contributed by atoms with E-state index in [4.69, 9.17) is 0 Å². The second-order valence-corrected chi connectivity index (χ2v) is 4.01. The molecule has 0 aromatic heterocycles. The lowest BCUT2D eigenvalue weighted by Gasteiger charge is -2.17. The van der Waals surface area contributed by atoms with Crippen LogP contribution in [0.3, 0.4) is 0 Å². The van der Waals surface area contributed by atoms with Crippen LogP contribution in [0.5, 0.6) is 0 Å². The molecule has 1 aromatic carbocycles. The van der Waals surface area contributed by atoms with Crippen molar-refractivity contribution in [1.82, 2.24) is 0 Å². The Balaban J connectivity index is 3.07. The van der Waals surface area contributed by atoms with E-state index < -0.39 is 0 Å². The molecule has 0 fully saturated rings. The first-order chi connectivity index (χ1) is 6.04. The van der Waals surface area contributed by atoms with Gasteiger partial charge in [-0.3, -0.25) is 0 Å². The number of hydrogen-bond donors (Lipinski definition) is 0. The molecule has 0 unspecified atom stereocenters. The normalized spacial score (nSPS) is 13.4. The first-order valence-electron chi connectivity index (χ1n) is 4.79. The molecular formula is C12H17F. The van der Waals surface area contributed by atoms with Crippen molar-refractivity contribution in [2.75, 3.05) is 0 Å². The van der Waals surface area contributed by atoms with Gasteiger partial charge in [0, 0.05) is 0 Å². The summed E-state index contributed by atoms with van der Waals surface area (Å²) in [5.41, 5.74) is 1.58. The number of benzene rings is 1. The summed E-state index contributed by atoms with van der Waals surface area (Å²) in [6.45, 7) is 8.12. The van der Waals surface area contributed by atoms with Gasteiger partial charge in [-0.25, -0.2) is 4.39 Å². The molecule has 72 valence electrons. The summed E-state index contributed by atoms with van der Waals surface area (Å²) >= 11 is 0. The van der Waals surface area contributed by atoms with E-state index in [0.717, 1.165) is 11.1 Å². The zero-order valence-electron chi connectivity index (χ0n) is 8.76. The Morgan fingerprint density at radius 2 is 1.77 bits per heavy atom. The lowest BCUT2D eigenvalue weighted by Crippen LogP contribution is -2.05. The van der Waals surface area contributed by atoms with Gasteiger partial charge >= 0.3 is 0 Å². The largest absolute Gasteiger partial charge is 0.206 e. The molecule has 0 bridgehead atoms. The Kier molecular flexibility index (Phi) is 3.07. The second kappa shape index (κ2) is 3.91. The summed E-state index contributed by atoms with van der Waals surface area (Å²) in [6.07, 6.45) is 0. The van der Waals surface area contributed by atoms with Crippen LogP contribution in [0.15, 0.2) is 18.2 Å². The van der Waals surface area contributed by atoms with Gasteiger partial charge in [0.1, 0.15) is 5.82 Å². The maximum absolute atomic E-state index is 13.6. The van der Waals surface area contributed by atoms with E-state index in [1.807, 2.05) is 25.1 Å². The third kappa shape index (κ3) is 2.09. The maximum atomic E-state index is 13.6. The van der Waals surface area contributed by atoms with Crippen LogP contribution in [0, 0.1) is 18.7 Å². The zero-order chi connectivity index (χ0) is 10.0. The van der Waals surface area contributed by atoms with Crippen LogP contribution >= 0.6 is 0 Å². The molecule has 0 spiro atoms. The smallest absolute Gasteiger partial charge is 0.129 e. The van der Waals surface area contributed by atoms with Crippen molar-refractivity contribution < 1.29 is 4.39 Å². The minimum atomic E-state index is -0.0382. The molecule has 1 rings (SSSR count). The van der Waals surface area contributed by atoms with Gasteiger partial charge in [-0.2, -0.15) is 0 Å². The van der Waals surface area contributed by atoms with Gasteiger partial charge in [0.05, 0.1) is 0 Å². The molecule has 0 amide bonds. The lowest BCUT2D eigenvalue weighted by atomic mass is 9.89. The van der Waals surface area contributed by atoms with E-state index >= 15 is 0 Å². The van der Waals surface area contributed by atoms with Crippen LogP contribution in [-0.2, 0) is 0 Å². The van der Waals surface area contributed by atoms with Gasteiger partial charge in [0.2, 0.25) is 0 Å². The standard InChI is InChI=1S/C12H17F/c1-8(2)10(4)11-7-5-6-9(3)12(11)13/h5-8,10H,1-4H3/t10-/m0/s1. The van der Waals surface area contributed by atoms with Crippen molar-refractivity contribution in [3.8, 4) is 0 Å². The maximum Gasteiger partial charge on any atom is 0.129 e. The first kappa shape index (κ1) is 10.2. The van der Waals surface area contributed by atoms with Crippen molar-refractivity contribution in [2.24, 2.45) is 5.92 Å². The Hall–Kier alpha value is -0.850. The average molecular weight is 180 g/mol. The molecule has 0 N–H and O–H groups in total. The minimum Gasteiger partial charge on any atom is -0.206 e. The predicted octanol–water partition coefficient (Wildman–Crippen LogP) is 3.89. The van der Waals surface area contributed by atoms with E-state index in [-0.39, 0.29) is 5.82 Å². The number of halogens is 1. The summed E-state index contributed by atoms with van der Waals surface area (Å²) in [5, 5.41) is 0. The molecule has 1 heteroatoms. The third-order valence-corrected chi connectivity index (χ3v) is 2.71. The number of aryl methyl sites for hydroxylation is 1. The molecule has 0 aliphatic carbocycles.